The van der Waals surface area contributed by atoms with Gasteiger partial charge in [0.25, 0.3) is 0 Å². The minimum atomic E-state index is -0.394. The molecule has 0 saturated heterocycles. The lowest BCUT2D eigenvalue weighted by atomic mass is 10.2. The van der Waals surface area contributed by atoms with E-state index in [4.69, 9.17) is 4.74 Å². The summed E-state index contributed by atoms with van der Waals surface area (Å²) in [6.07, 6.45) is 3.39. The fraction of sp³-hybridized carbons (Fsp3) is 0.800. The molecule has 0 unspecified atom stereocenters. The summed E-state index contributed by atoms with van der Waals surface area (Å²) in [5.41, 5.74) is 0. The van der Waals surface area contributed by atoms with Crippen LogP contribution in [0, 0.1) is 0 Å². The van der Waals surface area contributed by atoms with E-state index in [0.717, 1.165) is 25.7 Å². The third kappa shape index (κ3) is 10.7. The zero-order valence-corrected chi connectivity index (χ0v) is 9.38. The number of carbonyl (C=O) groups is 2. The van der Waals surface area contributed by atoms with E-state index in [0.29, 0.717) is 13.2 Å². The number of methoxy groups -OCH3 is 1. The van der Waals surface area contributed by atoms with Crippen LogP contribution in [0.15, 0.2) is 0 Å². The number of carbonyl (C=O) groups excluding carboxylic acids is 2. The Kier molecular flexibility index (Phi) is 8.52. The number of ether oxygens (including phenoxy) is 2. The highest BCUT2D eigenvalue weighted by atomic mass is 16.5. The molecule has 0 heterocycles. The van der Waals surface area contributed by atoms with Gasteiger partial charge in [-0.2, -0.15) is 0 Å². The first-order valence-electron chi connectivity index (χ1n) is 5.12. The largest absolute Gasteiger partial charge is 0.466 e. The SMILES string of the molecule is COC(=O)NCCCCCCOC(C)=O. The highest BCUT2D eigenvalue weighted by molar-refractivity contribution is 5.66. The Labute approximate surface area is 90.1 Å². The van der Waals surface area contributed by atoms with E-state index in [2.05, 4.69) is 10.1 Å². The van der Waals surface area contributed by atoms with Gasteiger partial charge in [0, 0.05) is 13.5 Å². The fourth-order valence-corrected chi connectivity index (χ4v) is 1.06. The van der Waals surface area contributed by atoms with Gasteiger partial charge in [0.2, 0.25) is 0 Å². The lowest BCUT2D eigenvalue weighted by Crippen LogP contribution is -2.23. The summed E-state index contributed by atoms with van der Waals surface area (Å²) in [6, 6.07) is 0. The number of alkyl carbamates (subject to hydrolysis) is 1. The van der Waals surface area contributed by atoms with Crippen molar-refractivity contribution in [3.05, 3.63) is 0 Å². The molecule has 0 fully saturated rings. The molecule has 0 aromatic heterocycles. The topological polar surface area (TPSA) is 64.6 Å². The van der Waals surface area contributed by atoms with Crippen molar-refractivity contribution in [2.75, 3.05) is 20.3 Å². The molecule has 0 aliphatic heterocycles. The van der Waals surface area contributed by atoms with Crippen molar-refractivity contribution >= 4 is 12.1 Å². The number of unbranched alkanes of at least 4 members (excludes halogenated alkanes) is 3. The van der Waals surface area contributed by atoms with Crippen LogP contribution in [0.2, 0.25) is 0 Å². The van der Waals surface area contributed by atoms with Crippen molar-refractivity contribution in [2.24, 2.45) is 0 Å². The number of esters is 1. The van der Waals surface area contributed by atoms with Gasteiger partial charge in [-0.25, -0.2) is 4.79 Å². The predicted molar refractivity (Wildman–Crippen MR) is 55.5 cm³/mol. The molecule has 0 rings (SSSR count). The summed E-state index contributed by atoms with van der Waals surface area (Å²) in [7, 11) is 1.34. The molecule has 88 valence electrons. The third-order valence-corrected chi connectivity index (χ3v) is 1.83. The average Bonchev–Trinajstić information content (AvgIpc) is 2.21. The Morgan fingerprint density at radius 1 is 1.13 bits per heavy atom. The lowest BCUT2D eigenvalue weighted by molar-refractivity contribution is -0.141. The Balaban J connectivity index is 3.05. The van der Waals surface area contributed by atoms with Gasteiger partial charge in [-0.15, -0.1) is 0 Å². The van der Waals surface area contributed by atoms with Crippen molar-refractivity contribution in [3.8, 4) is 0 Å². The second-order valence-electron chi connectivity index (χ2n) is 3.17. The number of hydrogen-bond acceptors (Lipinski definition) is 4. The van der Waals surface area contributed by atoms with E-state index in [1.807, 2.05) is 0 Å². The number of hydrogen-bond donors (Lipinski definition) is 1. The summed E-state index contributed by atoms with van der Waals surface area (Å²) < 4.78 is 9.19. The zero-order valence-electron chi connectivity index (χ0n) is 9.38. The van der Waals surface area contributed by atoms with Crippen LogP contribution in [0.5, 0.6) is 0 Å². The average molecular weight is 217 g/mol. The van der Waals surface area contributed by atoms with Gasteiger partial charge in [0.15, 0.2) is 0 Å². The van der Waals surface area contributed by atoms with E-state index in [1.165, 1.54) is 14.0 Å². The summed E-state index contributed by atoms with van der Waals surface area (Å²) in [6.45, 7) is 2.51. The van der Waals surface area contributed by atoms with E-state index in [1.54, 1.807) is 0 Å². The van der Waals surface area contributed by atoms with Crippen LogP contribution in [-0.2, 0) is 14.3 Å². The normalized spacial score (nSPS) is 9.47. The first-order chi connectivity index (χ1) is 7.16. The molecular weight excluding hydrogens is 198 g/mol. The van der Waals surface area contributed by atoms with Crippen molar-refractivity contribution in [2.45, 2.75) is 32.6 Å². The van der Waals surface area contributed by atoms with Crippen molar-refractivity contribution in [1.29, 1.82) is 0 Å². The Bertz CT molecular complexity index is 194. The maximum absolute atomic E-state index is 10.6. The summed E-state index contributed by atoms with van der Waals surface area (Å²) >= 11 is 0. The number of nitrogens with one attached hydrogen (secondary N) is 1. The summed E-state index contributed by atoms with van der Waals surface area (Å²) in [4.78, 5) is 21.0. The first kappa shape index (κ1) is 13.7. The van der Waals surface area contributed by atoms with Crippen molar-refractivity contribution in [3.63, 3.8) is 0 Å². The molecule has 0 aliphatic carbocycles. The maximum Gasteiger partial charge on any atom is 0.406 e. The predicted octanol–water partition coefficient (Wildman–Crippen LogP) is 1.47. The molecule has 0 bridgehead atoms. The van der Waals surface area contributed by atoms with E-state index < -0.39 is 6.09 Å². The van der Waals surface area contributed by atoms with E-state index in [9.17, 15) is 9.59 Å². The first-order valence-corrected chi connectivity index (χ1v) is 5.12. The van der Waals surface area contributed by atoms with Crippen molar-refractivity contribution < 1.29 is 19.1 Å². The van der Waals surface area contributed by atoms with Gasteiger partial charge >= 0.3 is 12.1 Å². The van der Waals surface area contributed by atoms with Gasteiger partial charge in [-0.1, -0.05) is 6.42 Å². The molecule has 0 spiro atoms. The standard InChI is InChI=1S/C10H19NO4/c1-9(12)15-8-6-4-3-5-7-11-10(13)14-2/h3-8H2,1-2H3,(H,11,13). The minimum Gasteiger partial charge on any atom is -0.466 e. The van der Waals surface area contributed by atoms with Crippen LogP contribution in [0.1, 0.15) is 32.6 Å². The molecule has 0 atom stereocenters. The maximum atomic E-state index is 10.6. The number of amides is 1. The van der Waals surface area contributed by atoms with E-state index in [-0.39, 0.29) is 5.97 Å². The van der Waals surface area contributed by atoms with Crippen LogP contribution in [0.4, 0.5) is 4.79 Å². The molecule has 15 heavy (non-hydrogen) atoms. The van der Waals surface area contributed by atoms with E-state index >= 15 is 0 Å². The number of rotatable bonds is 7. The molecular formula is C10H19NO4. The minimum absolute atomic E-state index is 0.234. The van der Waals surface area contributed by atoms with Gasteiger partial charge < -0.3 is 14.8 Å². The molecule has 0 aromatic rings. The molecule has 5 heteroatoms. The third-order valence-electron chi connectivity index (χ3n) is 1.83. The van der Waals surface area contributed by atoms with Gasteiger partial charge in [0.1, 0.15) is 0 Å². The molecule has 1 N–H and O–H groups in total. The Morgan fingerprint density at radius 3 is 2.40 bits per heavy atom. The van der Waals surface area contributed by atoms with Crippen LogP contribution >= 0.6 is 0 Å². The monoisotopic (exact) mass is 217 g/mol. The quantitative estimate of drug-likeness (QED) is 0.518. The van der Waals surface area contributed by atoms with Crippen LogP contribution < -0.4 is 5.32 Å². The molecule has 1 amide bonds. The fourth-order valence-electron chi connectivity index (χ4n) is 1.06. The summed E-state index contributed by atoms with van der Waals surface area (Å²) in [5.74, 6) is -0.234. The molecule has 0 aliphatic rings. The van der Waals surface area contributed by atoms with Gasteiger partial charge in [-0.3, -0.25) is 4.79 Å². The van der Waals surface area contributed by atoms with Crippen LogP contribution in [0.25, 0.3) is 0 Å². The molecule has 0 aromatic carbocycles. The van der Waals surface area contributed by atoms with Crippen LogP contribution in [-0.4, -0.2) is 32.3 Å². The van der Waals surface area contributed by atoms with Gasteiger partial charge in [0.05, 0.1) is 13.7 Å². The Hall–Kier alpha value is -1.26. The Morgan fingerprint density at radius 2 is 1.80 bits per heavy atom. The molecule has 5 nitrogen and oxygen atoms in total. The van der Waals surface area contributed by atoms with Gasteiger partial charge in [-0.05, 0) is 19.3 Å². The second kappa shape index (κ2) is 9.30. The second-order valence-corrected chi connectivity index (χ2v) is 3.17. The highest BCUT2D eigenvalue weighted by Crippen LogP contribution is 1.99. The molecule has 0 saturated carbocycles. The zero-order chi connectivity index (χ0) is 11.5. The smallest absolute Gasteiger partial charge is 0.406 e. The molecule has 0 radical (unpaired) electrons. The highest BCUT2D eigenvalue weighted by Gasteiger charge is 1.97. The van der Waals surface area contributed by atoms with Crippen LogP contribution in [0.3, 0.4) is 0 Å². The van der Waals surface area contributed by atoms with Crippen molar-refractivity contribution in [1.82, 2.24) is 5.32 Å². The lowest BCUT2D eigenvalue weighted by Gasteiger charge is -2.03. The summed E-state index contributed by atoms with van der Waals surface area (Å²) in [5, 5.41) is 2.59.